The summed E-state index contributed by atoms with van der Waals surface area (Å²) in [7, 11) is 0. The molecule has 2 heteroatoms. The summed E-state index contributed by atoms with van der Waals surface area (Å²) in [5.41, 5.74) is 0. The lowest BCUT2D eigenvalue weighted by atomic mass is 9.85. The number of ether oxygens (including phenoxy) is 1. The Balaban J connectivity index is 2.18. The molecule has 0 spiro atoms. The number of aliphatic hydroxyl groups is 1. The fraction of sp³-hybridized carbons (Fsp3) is 1.00. The van der Waals surface area contributed by atoms with E-state index in [1.165, 1.54) is 19.3 Å². The molecule has 1 heterocycles. The number of hydrogen-bond acceptors (Lipinski definition) is 2. The summed E-state index contributed by atoms with van der Waals surface area (Å²) >= 11 is 0. The Kier molecular flexibility index (Phi) is 5.94. The van der Waals surface area contributed by atoms with Crippen LogP contribution >= 0.6 is 0 Å². The van der Waals surface area contributed by atoms with Crippen molar-refractivity contribution in [2.24, 2.45) is 23.7 Å². The van der Waals surface area contributed by atoms with E-state index in [9.17, 15) is 0 Å². The maximum Gasteiger partial charge on any atom is 0.107 e. The molecule has 0 amide bonds. The van der Waals surface area contributed by atoms with Gasteiger partial charge in [0.15, 0.2) is 0 Å². The fourth-order valence-electron chi connectivity index (χ4n) is 3.26. The molecule has 0 radical (unpaired) electrons. The van der Waals surface area contributed by atoms with Crippen LogP contribution in [0, 0.1) is 23.7 Å². The first-order valence-electron chi connectivity index (χ1n) is 7.20. The summed E-state index contributed by atoms with van der Waals surface area (Å²) in [5.74, 6) is 2.99. The lowest BCUT2D eigenvalue weighted by Crippen LogP contribution is -2.15. The van der Waals surface area contributed by atoms with Gasteiger partial charge in [-0.3, -0.25) is 0 Å². The van der Waals surface area contributed by atoms with Crippen LogP contribution in [0.4, 0.5) is 0 Å². The van der Waals surface area contributed by atoms with Crippen molar-refractivity contribution < 1.29 is 9.84 Å². The highest BCUT2D eigenvalue weighted by Gasteiger charge is 2.42. The van der Waals surface area contributed by atoms with Crippen LogP contribution in [0.1, 0.15) is 53.9 Å². The monoisotopic (exact) mass is 242 g/mol. The van der Waals surface area contributed by atoms with Gasteiger partial charge in [0.2, 0.25) is 0 Å². The molecule has 102 valence electrons. The summed E-state index contributed by atoms with van der Waals surface area (Å²) in [5, 5.41) is 8.98. The zero-order chi connectivity index (χ0) is 13.0. The molecular formula is C15H30O2. The van der Waals surface area contributed by atoms with Gasteiger partial charge in [-0.1, -0.05) is 34.6 Å². The van der Waals surface area contributed by atoms with E-state index in [2.05, 4.69) is 34.6 Å². The standard InChI is InChI=1S/C15H30O2/c1-10(2)6-11(3)7-12(4)8-13(5)15-14(9-16)17-15/h10-16H,6-9H2,1-5H3/t11-,12-,13-,14+,15-/m1/s1. The topological polar surface area (TPSA) is 32.8 Å². The van der Waals surface area contributed by atoms with Gasteiger partial charge < -0.3 is 9.84 Å². The van der Waals surface area contributed by atoms with Crippen molar-refractivity contribution >= 4 is 0 Å². The third-order valence-electron chi connectivity index (χ3n) is 3.82. The van der Waals surface area contributed by atoms with Crippen LogP contribution in [0.15, 0.2) is 0 Å². The first-order valence-corrected chi connectivity index (χ1v) is 7.20. The summed E-state index contributed by atoms with van der Waals surface area (Å²) < 4.78 is 5.45. The normalized spacial score (nSPS) is 29.1. The van der Waals surface area contributed by atoms with E-state index in [0.29, 0.717) is 12.0 Å². The predicted octanol–water partition coefficient (Wildman–Crippen LogP) is 3.48. The van der Waals surface area contributed by atoms with E-state index >= 15 is 0 Å². The Morgan fingerprint density at radius 1 is 0.941 bits per heavy atom. The molecule has 0 aromatic rings. The number of hydrogen-bond donors (Lipinski definition) is 1. The van der Waals surface area contributed by atoms with Crippen LogP contribution in [0.25, 0.3) is 0 Å². The molecule has 17 heavy (non-hydrogen) atoms. The summed E-state index contributed by atoms with van der Waals surface area (Å²) in [6.07, 6.45) is 4.33. The van der Waals surface area contributed by atoms with Crippen molar-refractivity contribution in [1.82, 2.24) is 0 Å². The van der Waals surface area contributed by atoms with E-state index in [-0.39, 0.29) is 12.7 Å². The molecule has 0 aromatic carbocycles. The van der Waals surface area contributed by atoms with Crippen LogP contribution < -0.4 is 0 Å². The summed E-state index contributed by atoms with van der Waals surface area (Å²) in [6.45, 7) is 11.8. The van der Waals surface area contributed by atoms with Gasteiger partial charge in [0.1, 0.15) is 6.10 Å². The van der Waals surface area contributed by atoms with Crippen LogP contribution in [0.3, 0.4) is 0 Å². The van der Waals surface area contributed by atoms with E-state index in [1.54, 1.807) is 0 Å². The Bertz CT molecular complexity index is 215. The third kappa shape index (κ3) is 5.39. The first kappa shape index (κ1) is 15.0. The minimum Gasteiger partial charge on any atom is -0.394 e. The highest BCUT2D eigenvalue weighted by molar-refractivity contribution is 4.88. The van der Waals surface area contributed by atoms with Crippen LogP contribution in [-0.2, 0) is 4.74 Å². The van der Waals surface area contributed by atoms with E-state index < -0.39 is 0 Å². The van der Waals surface area contributed by atoms with Crippen LogP contribution in [0.5, 0.6) is 0 Å². The van der Waals surface area contributed by atoms with Gasteiger partial charge in [0.05, 0.1) is 12.7 Å². The summed E-state index contributed by atoms with van der Waals surface area (Å²) in [6, 6.07) is 0. The van der Waals surface area contributed by atoms with E-state index in [1.807, 2.05) is 0 Å². The number of epoxide rings is 1. The number of aliphatic hydroxyl groups excluding tert-OH is 1. The molecule has 0 aliphatic carbocycles. The molecule has 1 rings (SSSR count). The fourth-order valence-corrected chi connectivity index (χ4v) is 3.26. The zero-order valence-electron chi connectivity index (χ0n) is 12.1. The Morgan fingerprint density at radius 3 is 2.00 bits per heavy atom. The van der Waals surface area contributed by atoms with Crippen LogP contribution in [-0.4, -0.2) is 23.9 Å². The SMILES string of the molecule is CC(C)C[C@@H](C)C[C@@H](C)C[C@@H](C)[C@H]1O[C@H]1CO. The zero-order valence-corrected chi connectivity index (χ0v) is 12.1. The van der Waals surface area contributed by atoms with Crippen LogP contribution in [0.2, 0.25) is 0 Å². The Hall–Kier alpha value is -0.0800. The smallest absolute Gasteiger partial charge is 0.107 e. The highest BCUT2D eigenvalue weighted by Crippen LogP contribution is 2.34. The minimum atomic E-state index is 0.130. The van der Waals surface area contributed by atoms with Crippen molar-refractivity contribution in [2.75, 3.05) is 6.61 Å². The average molecular weight is 242 g/mol. The molecule has 0 unspecified atom stereocenters. The molecule has 1 saturated heterocycles. The second-order valence-electron chi connectivity index (χ2n) is 6.61. The minimum absolute atomic E-state index is 0.130. The molecule has 1 aliphatic rings. The molecule has 5 atom stereocenters. The van der Waals surface area contributed by atoms with E-state index in [0.717, 1.165) is 17.8 Å². The lowest BCUT2D eigenvalue weighted by Gasteiger charge is -2.21. The quantitative estimate of drug-likeness (QED) is 0.661. The van der Waals surface area contributed by atoms with Gasteiger partial charge in [-0.15, -0.1) is 0 Å². The first-order chi connectivity index (χ1) is 7.93. The van der Waals surface area contributed by atoms with Crippen molar-refractivity contribution in [3.63, 3.8) is 0 Å². The average Bonchev–Trinajstić information content (AvgIpc) is 2.94. The Morgan fingerprint density at radius 2 is 1.53 bits per heavy atom. The lowest BCUT2D eigenvalue weighted by molar-refractivity contribution is 0.235. The largest absolute Gasteiger partial charge is 0.394 e. The van der Waals surface area contributed by atoms with Crippen molar-refractivity contribution in [3.8, 4) is 0 Å². The maximum atomic E-state index is 8.98. The van der Waals surface area contributed by atoms with Gasteiger partial charge in [0.25, 0.3) is 0 Å². The molecule has 2 nitrogen and oxygen atoms in total. The predicted molar refractivity (Wildman–Crippen MR) is 71.9 cm³/mol. The molecule has 0 aromatic heterocycles. The van der Waals surface area contributed by atoms with Gasteiger partial charge >= 0.3 is 0 Å². The summed E-state index contributed by atoms with van der Waals surface area (Å²) in [4.78, 5) is 0. The maximum absolute atomic E-state index is 8.98. The van der Waals surface area contributed by atoms with Crippen molar-refractivity contribution in [3.05, 3.63) is 0 Å². The molecule has 1 fully saturated rings. The molecule has 0 saturated carbocycles. The van der Waals surface area contributed by atoms with Crippen molar-refractivity contribution in [1.29, 1.82) is 0 Å². The molecular weight excluding hydrogens is 212 g/mol. The van der Waals surface area contributed by atoms with Gasteiger partial charge in [-0.05, 0) is 42.9 Å². The van der Waals surface area contributed by atoms with E-state index in [4.69, 9.17) is 9.84 Å². The second kappa shape index (κ2) is 6.75. The van der Waals surface area contributed by atoms with Gasteiger partial charge in [-0.2, -0.15) is 0 Å². The third-order valence-corrected chi connectivity index (χ3v) is 3.82. The molecule has 0 bridgehead atoms. The van der Waals surface area contributed by atoms with Gasteiger partial charge in [0, 0.05) is 0 Å². The highest BCUT2D eigenvalue weighted by atomic mass is 16.6. The number of rotatable bonds is 8. The molecule has 1 N–H and O–H groups in total. The second-order valence-corrected chi connectivity index (χ2v) is 6.61. The van der Waals surface area contributed by atoms with Crippen molar-refractivity contribution in [2.45, 2.75) is 66.1 Å². The Labute approximate surface area is 107 Å². The molecule has 1 aliphatic heterocycles. The van der Waals surface area contributed by atoms with Gasteiger partial charge in [-0.25, -0.2) is 0 Å².